The van der Waals surface area contributed by atoms with Crippen molar-refractivity contribution in [3.63, 3.8) is 0 Å². The van der Waals surface area contributed by atoms with E-state index < -0.39 is 53.6 Å². The molecule has 32 heteroatoms. The van der Waals surface area contributed by atoms with E-state index in [1.54, 1.807) is 198 Å². The molecule has 0 fully saturated rings. The van der Waals surface area contributed by atoms with E-state index in [1.165, 1.54) is 9.80 Å². The number of hydrogen-bond acceptors (Lipinski definition) is 14. The number of nitrogens with zero attached hydrogens (tertiary/aromatic N) is 7. The van der Waals surface area contributed by atoms with Crippen molar-refractivity contribution in [1.29, 1.82) is 0 Å². The molecular formula is C95H123Cl4N7O21. The normalized spacial score (nSPS) is 11.9. The Balaban J connectivity index is 0.000000741. The average molecular weight is 1840 g/mol. The van der Waals surface area contributed by atoms with Crippen molar-refractivity contribution in [1.82, 2.24) is 0 Å². The van der Waals surface area contributed by atoms with Crippen molar-refractivity contribution in [2.75, 3.05) is 82.1 Å². The molecule has 7 aromatic rings. The third kappa shape index (κ3) is 43.8. The number of carboxylic acids is 7. The number of halogens is 4. The fourth-order valence-corrected chi connectivity index (χ4v) is 12.8. The van der Waals surface area contributed by atoms with Crippen LogP contribution in [0.25, 0.3) is 0 Å². The highest BCUT2D eigenvalue weighted by molar-refractivity contribution is 6.31. The molecule has 0 saturated heterocycles. The van der Waals surface area contributed by atoms with Gasteiger partial charge < -0.3 is 70.0 Å². The van der Waals surface area contributed by atoms with Gasteiger partial charge in [0.25, 0.3) is 0 Å². The molecule has 0 aliphatic heterocycles. The van der Waals surface area contributed by atoms with Gasteiger partial charge in [-0.05, 0) is 205 Å². The van der Waals surface area contributed by atoms with Crippen LogP contribution >= 0.6 is 46.4 Å². The molecule has 0 bridgehead atoms. The molecule has 7 aromatic carbocycles. The van der Waals surface area contributed by atoms with Crippen LogP contribution in [0.4, 0.5) is 39.8 Å². The number of carbonyl (C=O) groups excluding carboxylic acids is 7. The molecule has 0 aliphatic carbocycles. The van der Waals surface area contributed by atoms with Gasteiger partial charge >= 0.3 is 41.8 Å². The Morgan fingerprint density at radius 3 is 0.850 bits per heavy atom. The maximum Gasteiger partial charge on any atom is 0.304 e. The number of amides is 7. The minimum atomic E-state index is -0.969. The van der Waals surface area contributed by atoms with E-state index in [9.17, 15) is 67.1 Å². The van der Waals surface area contributed by atoms with E-state index in [0.29, 0.717) is 59.0 Å². The van der Waals surface area contributed by atoms with Crippen LogP contribution in [-0.4, -0.2) is 167 Å². The van der Waals surface area contributed by atoms with E-state index in [0.717, 1.165) is 56.5 Å². The monoisotopic (exact) mass is 1840 g/mol. The standard InChI is InChI=1S/C14H18ClNO3.3C14H19NO3.3C13H16ClNO3/c1-3-16(12-6-4-11(15)5-7-12)13(17)8-10(2)9-14(18)19;1-10-4-7-12(8-5-10)15(3)14(18)11(2)6-9-13(16)17;1-10-6-4-5-7-12(10)15(3)14(18)11(2)8-9-13(16)17;1-4-15(12-8-6-5-7-10(12)2)14(18)11(3)9-13(16)17;1-9(3-8-12(16)17)13(18)15(2)11-6-4-10(14)5-7-11;1-9(8-13(17)18)7-12(16)15(2)11-5-3-10(14)4-6-11;1-3-15(11-6-4-10(14)5-7-11)13(18)9(2)8-12(16)17/h4-7,10H,3,8-9H2,1-2H3,(H,18,19);4-5,7-8,11H,6,9H2,1-3H3,(H,16,17);4-7,11H,8-9H2,1-3H3,(H,16,17);5-8,11H,4,9H2,1-3H3,(H,16,17);4-7,9H,3,8H2,1-2H3,(H,16,17);3-6,9H,7-8H2,1-2H3,(H,17,18);4-7,9H,3,8H2,1-2H3,(H,16,17). The lowest BCUT2D eigenvalue weighted by molar-refractivity contribution is -0.140. The summed E-state index contributed by atoms with van der Waals surface area (Å²) in [6, 6.07) is 50.7. The zero-order valence-electron chi connectivity index (χ0n) is 75.3. The molecule has 7 unspecified atom stereocenters. The Kier molecular flexibility index (Phi) is 52.9. The highest BCUT2D eigenvalue weighted by atomic mass is 35.5. The van der Waals surface area contributed by atoms with E-state index in [4.69, 9.17) is 82.1 Å². The van der Waals surface area contributed by atoms with Crippen LogP contribution in [0, 0.1) is 62.2 Å². The number of para-hydroxylation sites is 2. The van der Waals surface area contributed by atoms with Gasteiger partial charge in [-0.2, -0.15) is 0 Å². The van der Waals surface area contributed by atoms with Crippen LogP contribution in [-0.2, 0) is 67.1 Å². The van der Waals surface area contributed by atoms with Gasteiger partial charge in [-0.25, -0.2) is 0 Å². The Morgan fingerprint density at radius 1 is 0.276 bits per heavy atom. The molecule has 0 radical (unpaired) electrons. The van der Waals surface area contributed by atoms with Gasteiger partial charge in [0.2, 0.25) is 41.4 Å². The van der Waals surface area contributed by atoms with Crippen LogP contribution in [0.2, 0.25) is 20.1 Å². The zero-order valence-corrected chi connectivity index (χ0v) is 78.3. The zero-order chi connectivity index (χ0) is 96.7. The summed E-state index contributed by atoms with van der Waals surface area (Å²) in [5.41, 5.74) is 8.70. The third-order valence-electron chi connectivity index (χ3n) is 19.7. The third-order valence-corrected chi connectivity index (χ3v) is 20.7. The Bertz CT molecular complexity index is 4610. The first kappa shape index (κ1) is 113. The van der Waals surface area contributed by atoms with Gasteiger partial charge in [-0.15, -0.1) is 0 Å². The van der Waals surface area contributed by atoms with Gasteiger partial charge in [-0.3, -0.25) is 67.1 Å². The predicted molar refractivity (Wildman–Crippen MR) is 500 cm³/mol. The second kappa shape index (κ2) is 59.3. The van der Waals surface area contributed by atoms with Crippen LogP contribution in [0.3, 0.4) is 0 Å². The van der Waals surface area contributed by atoms with Gasteiger partial charge in [0, 0.05) is 182 Å². The van der Waals surface area contributed by atoms with Crippen molar-refractivity contribution >= 4 is 169 Å². The number of carbonyl (C=O) groups is 14. The van der Waals surface area contributed by atoms with E-state index in [1.807, 2.05) is 114 Å². The molecule has 7 atom stereocenters. The van der Waals surface area contributed by atoms with Crippen LogP contribution in [0.5, 0.6) is 0 Å². The molecule has 127 heavy (non-hydrogen) atoms. The Morgan fingerprint density at radius 2 is 0.543 bits per heavy atom. The van der Waals surface area contributed by atoms with Crippen LogP contribution in [0.15, 0.2) is 170 Å². The van der Waals surface area contributed by atoms with Gasteiger partial charge in [0.05, 0.1) is 12.8 Å². The first-order chi connectivity index (χ1) is 59.5. The maximum atomic E-state index is 12.2. The summed E-state index contributed by atoms with van der Waals surface area (Å²) in [6.45, 7) is 25.1. The fourth-order valence-electron chi connectivity index (χ4n) is 12.3. The van der Waals surface area contributed by atoms with Gasteiger partial charge in [-0.1, -0.05) is 149 Å². The van der Waals surface area contributed by atoms with Gasteiger partial charge in [0.15, 0.2) is 0 Å². The number of aryl methyl sites for hydroxylation is 3. The van der Waals surface area contributed by atoms with E-state index in [2.05, 4.69) is 0 Å². The van der Waals surface area contributed by atoms with E-state index in [-0.39, 0.29) is 129 Å². The topological polar surface area (TPSA) is 403 Å². The number of hydrogen-bond donors (Lipinski definition) is 7. The van der Waals surface area contributed by atoms with Crippen molar-refractivity contribution < 1.29 is 103 Å². The Labute approximate surface area is 765 Å². The molecule has 7 rings (SSSR count). The minimum Gasteiger partial charge on any atom is -0.481 e. The van der Waals surface area contributed by atoms with Gasteiger partial charge in [0.1, 0.15) is 0 Å². The smallest absolute Gasteiger partial charge is 0.304 e. The summed E-state index contributed by atoms with van der Waals surface area (Å²) in [7, 11) is 6.77. The predicted octanol–water partition coefficient (Wildman–Crippen LogP) is 19.0. The maximum absolute atomic E-state index is 12.2. The molecule has 28 nitrogen and oxygen atoms in total. The first-order valence-electron chi connectivity index (χ1n) is 41.3. The summed E-state index contributed by atoms with van der Waals surface area (Å²) in [6.07, 6.45) is 1.26. The highest BCUT2D eigenvalue weighted by Gasteiger charge is 2.28. The SMILES string of the molecule is CC(CC(=O)O)CC(=O)N(C)c1ccc(Cl)cc1.CC(CCC(=O)O)C(=O)N(C)c1ccc(Cl)cc1.CCN(C(=O)C(C)CC(=O)O)c1ccc(Cl)cc1.CCN(C(=O)C(C)CC(=O)O)c1ccccc1C.CCN(C(=O)CC(C)CC(=O)O)c1ccc(Cl)cc1.Cc1ccc(N(C)C(=O)C(C)CCC(=O)O)cc1.Cc1ccccc1N(C)C(=O)C(C)CCC(=O)O. The van der Waals surface area contributed by atoms with Crippen molar-refractivity contribution in [3.05, 3.63) is 207 Å². The number of benzene rings is 7. The lowest BCUT2D eigenvalue weighted by atomic mass is 10.0. The fraction of sp³-hybridized carbons (Fsp3) is 0.411. The molecule has 0 aliphatic rings. The lowest BCUT2D eigenvalue weighted by Gasteiger charge is -2.25. The van der Waals surface area contributed by atoms with Crippen molar-refractivity contribution in [3.8, 4) is 0 Å². The number of rotatable bonds is 36. The second-order valence-electron chi connectivity index (χ2n) is 30.6. The Hall–Kier alpha value is -11.7. The minimum absolute atomic E-state index is 0.000196. The molecule has 0 saturated carbocycles. The molecular weight excluding hydrogens is 1720 g/mol. The largest absolute Gasteiger partial charge is 0.481 e. The average Bonchev–Trinajstić information content (AvgIpc) is 0.931. The summed E-state index contributed by atoms with van der Waals surface area (Å²) in [5, 5.41) is 63.0. The second-order valence-corrected chi connectivity index (χ2v) is 32.3. The number of anilines is 7. The first-order valence-corrected chi connectivity index (χ1v) is 42.8. The number of carboxylic acid groups (broad SMARTS) is 7. The van der Waals surface area contributed by atoms with Crippen molar-refractivity contribution in [2.24, 2.45) is 41.4 Å². The summed E-state index contributed by atoms with van der Waals surface area (Å²) >= 11 is 23.1. The van der Waals surface area contributed by atoms with Crippen LogP contribution < -0.4 is 34.3 Å². The molecule has 0 heterocycles. The quantitative estimate of drug-likeness (QED) is 0.0192. The molecule has 0 aromatic heterocycles. The van der Waals surface area contributed by atoms with Crippen LogP contribution in [0.1, 0.15) is 163 Å². The highest BCUT2D eigenvalue weighted by Crippen LogP contribution is 2.28. The molecule has 7 amide bonds. The number of aliphatic carboxylic acids is 7. The summed E-state index contributed by atoms with van der Waals surface area (Å²) in [5.74, 6) is -9.31. The van der Waals surface area contributed by atoms with Crippen molar-refractivity contribution in [2.45, 2.75) is 167 Å². The lowest BCUT2D eigenvalue weighted by Crippen LogP contribution is -2.36. The summed E-state index contributed by atoms with van der Waals surface area (Å²) in [4.78, 5) is 170. The molecule has 692 valence electrons. The molecule has 0 spiro atoms. The van der Waals surface area contributed by atoms with E-state index >= 15 is 0 Å². The summed E-state index contributed by atoms with van der Waals surface area (Å²) < 4.78 is 0. The molecule has 7 N–H and O–H groups in total.